The van der Waals surface area contributed by atoms with Gasteiger partial charge in [-0.3, -0.25) is 0 Å². The van der Waals surface area contributed by atoms with Crippen LogP contribution in [-0.4, -0.2) is 58.2 Å². The zero-order chi connectivity index (χ0) is 18.3. The van der Waals surface area contributed by atoms with Crippen LogP contribution < -0.4 is 20.1 Å². The molecule has 7 nitrogen and oxygen atoms in total. The Morgan fingerprint density at radius 2 is 2.04 bits per heavy atom. The summed E-state index contributed by atoms with van der Waals surface area (Å²) in [5.41, 5.74) is 0. The van der Waals surface area contributed by atoms with Gasteiger partial charge in [0.1, 0.15) is 6.10 Å². The SMILES string of the molecule is CCNC(=NCC(C)Oc1ccccc1OC)NC1CCS(=O)(=O)C1.I. The number of sulfone groups is 1. The average Bonchev–Trinajstić information content (AvgIpc) is 2.92. The second-order valence-electron chi connectivity index (χ2n) is 6.04. The summed E-state index contributed by atoms with van der Waals surface area (Å²) in [4.78, 5) is 4.51. The first-order chi connectivity index (χ1) is 11.9. The normalized spacial score (nSPS) is 20.0. The summed E-state index contributed by atoms with van der Waals surface area (Å²) in [6.45, 7) is 5.04. The maximum Gasteiger partial charge on any atom is 0.191 e. The molecule has 2 rings (SSSR count). The fourth-order valence-corrected chi connectivity index (χ4v) is 4.29. The summed E-state index contributed by atoms with van der Waals surface area (Å²) in [6.07, 6.45) is 0.457. The van der Waals surface area contributed by atoms with Crippen molar-refractivity contribution in [3.63, 3.8) is 0 Å². The monoisotopic (exact) mass is 497 g/mol. The van der Waals surface area contributed by atoms with E-state index in [1.54, 1.807) is 7.11 Å². The van der Waals surface area contributed by atoms with Gasteiger partial charge >= 0.3 is 0 Å². The van der Waals surface area contributed by atoms with Gasteiger partial charge in [-0.05, 0) is 32.4 Å². The third kappa shape index (κ3) is 7.18. The van der Waals surface area contributed by atoms with Crippen LogP contribution in [0, 0.1) is 0 Å². The van der Waals surface area contributed by atoms with Gasteiger partial charge in [0, 0.05) is 12.6 Å². The number of nitrogens with one attached hydrogen (secondary N) is 2. The van der Waals surface area contributed by atoms with Crippen LogP contribution in [0.15, 0.2) is 29.3 Å². The lowest BCUT2D eigenvalue weighted by Crippen LogP contribution is -2.44. The number of guanidine groups is 1. The van der Waals surface area contributed by atoms with E-state index in [0.29, 0.717) is 37.0 Å². The highest BCUT2D eigenvalue weighted by atomic mass is 127. The van der Waals surface area contributed by atoms with Gasteiger partial charge in [-0.1, -0.05) is 12.1 Å². The molecule has 1 fully saturated rings. The highest BCUT2D eigenvalue weighted by molar-refractivity contribution is 14.0. The van der Waals surface area contributed by atoms with Gasteiger partial charge in [-0.25, -0.2) is 13.4 Å². The molecular formula is C17H28IN3O4S. The molecule has 0 radical (unpaired) electrons. The molecule has 1 aromatic carbocycles. The molecule has 1 aliphatic heterocycles. The molecule has 1 aliphatic rings. The first kappa shape index (κ1) is 22.8. The topological polar surface area (TPSA) is 89.0 Å². The highest BCUT2D eigenvalue weighted by Gasteiger charge is 2.28. The molecule has 1 aromatic rings. The Hall–Kier alpha value is -1.23. The van der Waals surface area contributed by atoms with Crippen LogP contribution in [0.4, 0.5) is 0 Å². The predicted molar refractivity (Wildman–Crippen MR) is 115 cm³/mol. The first-order valence-electron chi connectivity index (χ1n) is 8.48. The zero-order valence-corrected chi connectivity index (χ0v) is 18.5. The van der Waals surface area contributed by atoms with Gasteiger partial charge in [-0.15, -0.1) is 24.0 Å². The summed E-state index contributed by atoms with van der Waals surface area (Å²) >= 11 is 0. The molecule has 0 bridgehead atoms. The van der Waals surface area contributed by atoms with E-state index in [1.165, 1.54) is 0 Å². The van der Waals surface area contributed by atoms with Gasteiger partial charge in [0.25, 0.3) is 0 Å². The molecule has 0 aromatic heterocycles. The molecule has 0 saturated carbocycles. The van der Waals surface area contributed by atoms with E-state index < -0.39 is 9.84 Å². The number of rotatable bonds is 7. The Morgan fingerprint density at radius 3 is 2.62 bits per heavy atom. The third-order valence-corrected chi connectivity index (χ3v) is 5.59. The number of halogens is 1. The van der Waals surface area contributed by atoms with E-state index in [9.17, 15) is 8.42 Å². The van der Waals surface area contributed by atoms with E-state index in [0.717, 1.165) is 0 Å². The van der Waals surface area contributed by atoms with E-state index in [2.05, 4.69) is 15.6 Å². The smallest absolute Gasteiger partial charge is 0.191 e. The lowest BCUT2D eigenvalue weighted by atomic mass is 10.3. The largest absolute Gasteiger partial charge is 0.493 e. The fourth-order valence-electron chi connectivity index (χ4n) is 2.61. The summed E-state index contributed by atoms with van der Waals surface area (Å²) in [5.74, 6) is 2.36. The quantitative estimate of drug-likeness (QED) is 0.340. The van der Waals surface area contributed by atoms with Crippen molar-refractivity contribution in [1.29, 1.82) is 0 Å². The molecule has 0 amide bonds. The fraction of sp³-hybridized carbons (Fsp3) is 0.588. The van der Waals surface area contributed by atoms with Crippen LogP contribution in [0.25, 0.3) is 0 Å². The Kier molecular flexibility index (Phi) is 9.48. The van der Waals surface area contributed by atoms with Crippen LogP contribution in [0.2, 0.25) is 0 Å². The van der Waals surface area contributed by atoms with E-state index in [1.807, 2.05) is 38.1 Å². The van der Waals surface area contributed by atoms with Crippen molar-refractivity contribution >= 4 is 39.8 Å². The first-order valence-corrected chi connectivity index (χ1v) is 10.3. The maximum absolute atomic E-state index is 11.6. The van der Waals surface area contributed by atoms with Crippen LogP contribution >= 0.6 is 24.0 Å². The number of nitrogens with zero attached hydrogens (tertiary/aromatic N) is 1. The standard InChI is InChI=1S/C17H27N3O4S.HI/c1-4-18-17(20-14-9-10-25(21,22)12-14)19-11-13(2)24-16-8-6-5-7-15(16)23-3;/h5-8,13-14H,4,9-12H2,1-3H3,(H2,18,19,20);1H. The van der Waals surface area contributed by atoms with Crippen molar-refractivity contribution in [1.82, 2.24) is 10.6 Å². The number of hydrogen-bond acceptors (Lipinski definition) is 5. The van der Waals surface area contributed by atoms with Gasteiger partial charge in [0.15, 0.2) is 27.3 Å². The Bertz CT molecular complexity index is 697. The van der Waals surface area contributed by atoms with Crippen molar-refractivity contribution < 1.29 is 17.9 Å². The molecule has 1 heterocycles. The van der Waals surface area contributed by atoms with Crippen LogP contribution in [0.3, 0.4) is 0 Å². The average molecular weight is 497 g/mol. The Labute approximate surface area is 172 Å². The molecule has 2 unspecified atom stereocenters. The van der Waals surface area contributed by atoms with Crippen LogP contribution in [0.5, 0.6) is 11.5 Å². The van der Waals surface area contributed by atoms with Crippen molar-refractivity contribution in [2.45, 2.75) is 32.4 Å². The second-order valence-corrected chi connectivity index (χ2v) is 8.27. The van der Waals surface area contributed by atoms with Gasteiger partial charge in [0.05, 0.1) is 25.2 Å². The van der Waals surface area contributed by atoms with E-state index >= 15 is 0 Å². The molecule has 2 N–H and O–H groups in total. The minimum atomic E-state index is -2.92. The zero-order valence-electron chi connectivity index (χ0n) is 15.4. The molecule has 9 heteroatoms. The minimum absolute atomic E-state index is 0. The van der Waals surface area contributed by atoms with Crippen molar-refractivity contribution in [3.8, 4) is 11.5 Å². The lowest BCUT2D eigenvalue weighted by Gasteiger charge is -2.18. The molecule has 0 aliphatic carbocycles. The highest BCUT2D eigenvalue weighted by Crippen LogP contribution is 2.26. The number of ether oxygens (including phenoxy) is 2. The summed E-state index contributed by atoms with van der Waals surface area (Å²) in [7, 11) is -1.31. The summed E-state index contributed by atoms with van der Waals surface area (Å²) in [5, 5.41) is 6.34. The minimum Gasteiger partial charge on any atom is -0.493 e. The second kappa shape index (κ2) is 10.8. The Morgan fingerprint density at radius 1 is 1.35 bits per heavy atom. The van der Waals surface area contributed by atoms with Crippen molar-refractivity contribution in [3.05, 3.63) is 24.3 Å². The molecule has 26 heavy (non-hydrogen) atoms. The van der Waals surface area contributed by atoms with Crippen LogP contribution in [0.1, 0.15) is 20.3 Å². The summed E-state index contributed by atoms with van der Waals surface area (Å²) in [6, 6.07) is 7.38. The lowest BCUT2D eigenvalue weighted by molar-refractivity contribution is 0.219. The molecule has 0 spiro atoms. The Balaban J connectivity index is 0.00000338. The van der Waals surface area contributed by atoms with E-state index in [4.69, 9.17) is 9.47 Å². The van der Waals surface area contributed by atoms with E-state index in [-0.39, 0.29) is 47.6 Å². The molecular weight excluding hydrogens is 469 g/mol. The maximum atomic E-state index is 11.6. The number of para-hydroxylation sites is 2. The van der Waals surface area contributed by atoms with Crippen molar-refractivity contribution in [2.75, 3.05) is 31.7 Å². The number of methoxy groups -OCH3 is 1. The molecule has 2 atom stereocenters. The molecule has 148 valence electrons. The van der Waals surface area contributed by atoms with Crippen molar-refractivity contribution in [2.24, 2.45) is 4.99 Å². The number of hydrogen-bond donors (Lipinski definition) is 2. The van der Waals surface area contributed by atoms with Gasteiger partial charge in [-0.2, -0.15) is 0 Å². The summed E-state index contributed by atoms with van der Waals surface area (Å²) < 4.78 is 34.3. The third-order valence-electron chi connectivity index (χ3n) is 3.82. The number of benzene rings is 1. The number of aliphatic imine (C=N–C) groups is 1. The van der Waals surface area contributed by atoms with Crippen LogP contribution in [-0.2, 0) is 9.84 Å². The van der Waals surface area contributed by atoms with Gasteiger partial charge < -0.3 is 20.1 Å². The van der Waals surface area contributed by atoms with Gasteiger partial charge in [0.2, 0.25) is 0 Å². The molecule has 1 saturated heterocycles. The predicted octanol–water partition coefficient (Wildman–Crippen LogP) is 1.82.